The molecule has 1 aliphatic heterocycles. The minimum atomic E-state index is -2.96. The molecule has 7 heteroatoms. The summed E-state index contributed by atoms with van der Waals surface area (Å²) in [7, 11) is -1.24. The smallest absolute Gasteiger partial charge is 0.272 e. The summed E-state index contributed by atoms with van der Waals surface area (Å²) in [5.74, 6) is -0.131. The van der Waals surface area contributed by atoms with Crippen molar-refractivity contribution in [1.29, 1.82) is 0 Å². The van der Waals surface area contributed by atoms with Gasteiger partial charge in [-0.3, -0.25) is 9.48 Å². The van der Waals surface area contributed by atoms with E-state index in [1.54, 1.807) is 19.3 Å². The maximum absolute atomic E-state index is 11.6. The Balaban J connectivity index is 1.99. The van der Waals surface area contributed by atoms with E-state index in [0.29, 0.717) is 12.1 Å². The van der Waals surface area contributed by atoms with E-state index < -0.39 is 9.84 Å². The first-order valence-electron chi connectivity index (χ1n) is 4.97. The molecule has 0 bridgehead atoms. The van der Waals surface area contributed by atoms with Gasteiger partial charge in [0, 0.05) is 19.3 Å². The molecule has 0 aromatic carbocycles. The zero-order chi connectivity index (χ0) is 11.8. The minimum absolute atomic E-state index is 0.0333. The van der Waals surface area contributed by atoms with Crippen molar-refractivity contribution in [1.82, 2.24) is 15.1 Å². The van der Waals surface area contributed by atoms with Gasteiger partial charge in [0.2, 0.25) is 0 Å². The quantitative estimate of drug-likeness (QED) is 0.747. The standard InChI is InChI=1S/C9H13N3O3S/c1-12-4-2-8(11-12)9(13)10-7-3-5-16(14,15)6-7/h2,4,7H,3,5-6H2,1H3,(H,10,13). The summed E-state index contributed by atoms with van der Waals surface area (Å²) in [5, 5.41) is 6.61. The highest BCUT2D eigenvalue weighted by atomic mass is 32.2. The van der Waals surface area contributed by atoms with Crippen molar-refractivity contribution in [3.05, 3.63) is 18.0 Å². The third-order valence-corrected chi connectivity index (χ3v) is 4.28. The van der Waals surface area contributed by atoms with E-state index in [0.717, 1.165) is 0 Å². The molecule has 1 aliphatic rings. The van der Waals surface area contributed by atoms with Gasteiger partial charge < -0.3 is 5.32 Å². The highest BCUT2D eigenvalue weighted by molar-refractivity contribution is 7.91. The Kier molecular flexibility index (Phi) is 2.71. The molecule has 1 atom stereocenters. The number of hydrogen-bond donors (Lipinski definition) is 1. The van der Waals surface area contributed by atoms with Crippen LogP contribution in [-0.4, -0.2) is 41.7 Å². The van der Waals surface area contributed by atoms with Crippen molar-refractivity contribution in [2.75, 3.05) is 11.5 Å². The number of sulfone groups is 1. The van der Waals surface area contributed by atoms with E-state index in [9.17, 15) is 13.2 Å². The molecular weight excluding hydrogens is 230 g/mol. The Hall–Kier alpha value is -1.37. The molecule has 2 heterocycles. The molecule has 6 nitrogen and oxygen atoms in total. The molecular formula is C9H13N3O3S. The summed E-state index contributed by atoms with van der Waals surface area (Å²) in [6.07, 6.45) is 2.15. The SMILES string of the molecule is Cn1ccc(C(=O)NC2CCS(=O)(=O)C2)n1. The van der Waals surface area contributed by atoms with Gasteiger partial charge in [0.1, 0.15) is 5.69 Å². The van der Waals surface area contributed by atoms with Crippen molar-refractivity contribution in [2.24, 2.45) is 7.05 Å². The topological polar surface area (TPSA) is 81.1 Å². The normalized spacial score (nSPS) is 23.2. The Bertz CT molecular complexity index is 506. The zero-order valence-corrected chi connectivity index (χ0v) is 9.70. The van der Waals surface area contributed by atoms with Crippen LogP contribution in [0.3, 0.4) is 0 Å². The van der Waals surface area contributed by atoms with Crippen molar-refractivity contribution >= 4 is 15.7 Å². The van der Waals surface area contributed by atoms with Gasteiger partial charge >= 0.3 is 0 Å². The minimum Gasteiger partial charge on any atom is -0.347 e. The molecule has 0 radical (unpaired) electrons. The number of nitrogens with one attached hydrogen (secondary N) is 1. The average molecular weight is 243 g/mol. The largest absolute Gasteiger partial charge is 0.347 e. The molecule has 1 amide bonds. The lowest BCUT2D eigenvalue weighted by molar-refractivity contribution is 0.0935. The second-order valence-electron chi connectivity index (χ2n) is 3.95. The average Bonchev–Trinajstić information content (AvgIpc) is 2.73. The summed E-state index contributed by atoms with van der Waals surface area (Å²) in [4.78, 5) is 11.6. The summed E-state index contributed by atoms with van der Waals surface area (Å²) >= 11 is 0. The maximum atomic E-state index is 11.6. The van der Waals surface area contributed by atoms with Gasteiger partial charge in [0.15, 0.2) is 9.84 Å². The number of carbonyl (C=O) groups excluding carboxylic acids is 1. The van der Waals surface area contributed by atoms with Gasteiger partial charge in [0.05, 0.1) is 11.5 Å². The summed E-state index contributed by atoms with van der Waals surface area (Å²) in [5.41, 5.74) is 0.312. The molecule has 1 aromatic heterocycles. The summed E-state index contributed by atoms with van der Waals surface area (Å²) in [6.45, 7) is 0. The van der Waals surface area contributed by atoms with Crippen LogP contribution in [0, 0.1) is 0 Å². The fourth-order valence-electron chi connectivity index (χ4n) is 1.70. The van der Waals surface area contributed by atoms with Crippen LogP contribution in [0.5, 0.6) is 0 Å². The number of aryl methyl sites for hydroxylation is 1. The van der Waals surface area contributed by atoms with E-state index in [4.69, 9.17) is 0 Å². The van der Waals surface area contributed by atoms with Gasteiger partial charge in [-0.25, -0.2) is 8.42 Å². The van der Waals surface area contributed by atoms with Crippen molar-refractivity contribution < 1.29 is 13.2 Å². The number of amides is 1. The van der Waals surface area contributed by atoms with Crippen LogP contribution in [-0.2, 0) is 16.9 Å². The van der Waals surface area contributed by atoms with Gasteiger partial charge in [-0.2, -0.15) is 5.10 Å². The van der Waals surface area contributed by atoms with E-state index in [1.807, 2.05) is 0 Å². The lowest BCUT2D eigenvalue weighted by atomic mass is 10.2. The molecule has 0 aliphatic carbocycles. The number of rotatable bonds is 2. The second kappa shape index (κ2) is 3.89. The fraction of sp³-hybridized carbons (Fsp3) is 0.556. The summed E-state index contributed by atoms with van der Waals surface area (Å²) < 4.78 is 23.9. The van der Waals surface area contributed by atoms with E-state index in [-0.39, 0.29) is 23.5 Å². The van der Waals surface area contributed by atoms with Gasteiger partial charge in [-0.05, 0) is 12.5 Å². The van der Waals surface area contributed by atoms with Crippen LogP contribution >= 0.6 is 0 Å². The van der Waals surface area contributed by atoms with Crippen LogP contribution in [0.1, 0.15) is 16.9 Å². The summed E-state index contributed by atoms with van der Waals surface area (Å²) in [6, 6.07) is 1.32. The lowest BCUT2D eigenvalue weighted by Crippen LogP contribution is -2.35. The molecule has 1 N–H and O–H groups in total. The van der Waals surface area contributed by atoms with Crippen molar-refractivity contribution in [3.8, 4) is 0 Å². The maximum Gasteiger partial charge on any atom is 0.272 e. The Labute approximate surface area is 93.6 Å². The fourth-order valence-corrected chi connectivity index (χ4v) is 3.38. The number of nitrogens with zero attached hydrogens (tertiary/aromatic N) is 2. The molecule has 1 aromatic rings. The number of aromatic nitrogens is 2. The first-order valence-corrected chi connectivity index (χ1v) is 6.79. The van der Waals surface area contributed by atoms with Gasteiger partial charge in [-0.1, -0.05) is 0 Å². The highest BCUT2D eigenvalue weighted by Crippen LogP contribution is 2.11. The molecule has 0 spiro atoms. The zero-order valence-electron chi connectivity index (χ0n) is 8.88. The third-order valence-electron chi connectivity index (χ3n) is 2.51. The van der Waals surface area contributed by atoms with Gasteiger partial charge in [0.25, 0.3) is 5.91 Å². The molecule has 1 saturated heterocycles. The number of hydrogen-bond acceptors (Lipinski definition) is 4. The van der Waals surface area contributed by atoms with Crippen LogP contribution < -0.4 is 5.32 Å². The monoisotopic (exact) mass is 243 g/mol. The van der Waals surface area contributed by atoms with E-state index in [1.165, 1.54) is 4.68 Å². The van der Waals surface area contributed by atoms with Crippen LogP contribution in [0.25, 0.3) is 0 Å². The van der Waals surface area contributed by atoms with Crippen LogP contribution in [0.4, 0.5) is 0 Å². The first kappa shape index (κ1) is 11.1. The molecule has 1 fully saturated rings. The molecule has 1 unspecified atom stereocenters. The molecule has 0 saturated carbocycles. The van der Waals surface area contributed by atoms with Crippen LogP contribution in [0.15, 0.2) is 12.3 Å². The first-order chi connectivity index (χ1) is 7.46. The molecule has 2 rings (SSSR count). The Morgan fingerprint density at radius 3 is 2.88 bits per heavy atom. The second-order valence-corrected chi connectivity index (χ2v) is 6.18. The predicted octanol–water partition coefficient (Wildman–Crippen LogP) is -0.663. The van der Waals surface area contributed by atoms with Crippen LogP contribution in [0.2, 0.25) is 0 Å². The van der Waals surface area contributed by atoms with Crippen molar-refractivity contribution in [2.45, 2.75) is 12.5 Å². The lowest BCUT2D eigenvalue weighted by Gasteiger charge is -2.08. The Morgan fingerprint density at radius 2 is 2.38 bits per heavy atom. The predicted molar refractivity (Wildman–Crippen MR) is 57.7 cm³/mol. The molecule has 88 valence electrons. The number of carbonyl (C=O) groups is 1. The van der Waals surface area contributed by atoms with E-state index >= 15 is 0 Å². The molecule has 16 heavy (non-hydrogen) atoms. The third kappa shape index (κ3) is 2.41. The Morgan fingerprint density at radius 1 is 1.62 bits per heavy atom. The highest BCUT2D eigenvalue weighted by Gasteiger charge is 2.29. The van der Waals surface area contributed by atoms with E-state index in [2.05, 4.69) is 10.4 Å². The van der Waals surface area contributed by atoms with Gasteiger partial charge in [-0.15, -0.1) is 0 Å². The van der Waals surface area contributed by atoms with Crippen molar-refractivity contribution in [3.63, 3.8) is 0 Å².